The molecule has 0 aromatic heterocycles. The molecule has 0 bridgehead atoms. The van der Waals surface area contributed by atoms with Gasteiger partial charge in [0.1, 0.15) is 0 Å². The second-order valence-corrected chi connectivity index (χ2v) is 26.9. The topological polar surface area (TPSA) is 131 Å². The summed E-state index contributed by atoms with van der Waals surface area (Å²) in [7, 11) is -14.7. The lowest BCUT2D eigenvalue weighted by molar-refractivity contribution is 0.0342. The predicted octanol–water partition coefficient (Wildman–Crippen LogP) is 11.0. The molecule has 0 saturated carbocycles. The van der Waals surface area contributed by atoms with Crippen LogP contribution in [0.15, 0.2) is 121 Å². The van der Waals surface area contributed by atoms with Crippen LogP contribution in [-0.2, 0) is 38.9 Å². The Balaban J connectivity index is 1.76. The fourth-order valence-electron chi connectivity index (χ4n) is 7.50. The van der Waals surface area contributed by atoms with E-state index in [9.17, 15) is 0 Å². The van der Waals surface area contributed by atoms with Gasteiger partial charge in [0, 0.05) is 113 Å². The zero-order valence-electron chi connectivity index (χ0n) is 39.9. The Kier molecular flexibility index (Phi) is 25.7. The van der Waals surface area contributed by atoms with Crippen LogP contribution >= 0.6 is 0 Å². The van der Waals surface area contributed by atoms with E-state index in [0.29, 0.717) is 103 Å². The highest BCUT2D eigenvalue weighted by Crippen LogP contribution is 2.36. The molecule has 0 amide bonds. The van der Waals surface area contributed by atoms with Gasteiger partial charge in [-0.1, -0.05) is 72.8 Å². The third kappa shape index (κ3) is 19.8. The van der Waals surface area contributed by atoms with Crippen LogP contribution in [0.1, 0.15) is 67.2 Å². The van der Waals surface area contributed by atoms with E-state index in [1.165, 1.54) is 0 Å². The smallest absolute Gasteiger partial charge is 0.385 e. The lowest BCUT2D eigenvalue weighted by atomic mass is 10.3. The highest BCUT2D eigenvalue weighted by atomic mass is 28.5. The Morgan fingerprint density at radius 2 is 0.492 bits per heavy atom. The van der Waals surface area contributed by atoms with Gasteiger partial charge in [0.15, 0.2) is 0 Å². The Morgan fingerprint density at radius 3 is 0.723 bits per heavy atom. The Bertz CT molecular complexity index is 1650. The van der Waals surface area contributed by atoms with Crippen LogP contribution in [0.2, 0.25) is 24.2 Å². The minimum absolute atomic E-state index is 0.341. The summed E-state index contributed by atoms with van der Waals surface area (Å²) in [6, 6.07) is 42.9. The van der Waals surface area contributed by atoms with Gasteiger partial charge in [0.05, 0.1) is 0 Å². The molecule has 2 unspecified atom stereocenters. The van der Waals surface area contributed by atoms with Gasteiger partial charge in [-0.05, 0) is 116 Å². The molecule has 0 fully saturated rings. The molecular formula is C48H78N4O9Si4. The summed E-state index contributed by atoms with van der Waals surface area (Å²) in [5.74, 6) is 0. The van der Waals surface area contributed by atoms with Gasteiger partial charge in [0.2, 0.25) is 0 Å². The van der Waals surface area contributed by atoms with Crippen molar-refractivity contribution in [1.82, 2.24) is 0 Å². The molecule has 4 N–H and O–H groups in total. The molecule has 0 aliphatic heterocycles. The van der Waals surface area contributed by atoms with Crippen LogP contribution < -0.4 is 21.3 Å². The third-order valence-corrected chi connectivity index (χ3v) is 25.9. The van der Waals surface area contributed by atoms with Crippen LogP contribution in [0.4, 0.5) is 22.7 Å². The molecule has 13 nitrogen and oxygen atoms in total. The van der Waals surface area contributed by atoms with E-state index < -0.39 is 35.2 Å². The van der Waals surface area contributed by atoms with E-state index in [1.807, 2.05) is 114 Å². The van der Waals surface area contributed by atoms with E-state index in [-0.39, 0.29) is 0 Å². The predicted molar refractivity (Wildman–Crippen MR) is 273 cm³/mol. The fraction of sp³-hybridized carbons (Fsp3) is 0.500. The molecule has 2 atom stereocenters. The summed E-state index contributed by atoms with van der Waals surface area (Å²) < 4.78 is 63.5. The molecule has 0 spiro atoms. The number of rotatable bonds is 38. The highest BCUT2D eigenvalue weighted by Gasteiger charge is 2.62. The minimum atomic E-state index is -3.85. The fourth-order valence-corrected chi connectivity index (χ4v) is 24.7. The van der Waals surface area contributed by atoms with Gasteiger partial charge < -0.3 is 60.2 Å². The second-order valence-electron chi connectivity index (χ2n) is 15.2. The van der Waals surface area contributed by atoms with E-state index in [0.717, 1.165) is 35.6 Å². The number of para-hydroxylation sites is 4. The van der Waals surface area contributed by atoms with Crippen LogP contribution in [0.3, 0.4) is 0 Å². The molecule has 0 heterocycles. The SMILES string of the molecule is CCO[Si](CCCNc1ccccc1)(OCC)O[Si](CCCNc1ccccc1)(OCC)O[Si](CCCNc1ccccc1)(OCC)O[Si](CCCNc1ccccc1)(OCC)OCC. The summed E-state index contributed by atoms with van der Waals surface area (Å²) in [6.45, 7) is 16.9. The number of hydrogen-bond donors (Lipinski definition) is 4. The highest BCUT2D eigenvalue weighted by molar-refractivity contribution is 6.84. The molecule has 0 aliphatic rings. The van der Waals surface area contributed by atoms with Gasteiger partial charge in [-0.15, -0.1) is 0 Å². The van der Waals surface area contributed by atoms with Crippen molar-refractivity contribution in [2.75, 3.05) is 87.1 Å². The first-order valence-corrected chi connectivity index (χ1v) is 31.6. The minimum Gasteiger partial charge on any atom is -0.385 e. The van der Waals surface area contributed by atoms with Crippen LogP contribution in [0.5, 0.6) is 0 Å². The lowest BCUT2D eigenvalue weighted by Gasteiger charge is -2.45. The van der Waals surface area contributed by atoms with Crippen molar-refractivity contribution in [3.05, 3.63) is 121 Å². The first kappa shape index (κ1) is 54.2. The Labute approximate surface area is 395 Å². The van der Waals surface area contributed by atoms with Gasteiger partial charge in [0.25, 0.3) is 0 Å². The quantitative estimate of drug-likeness (QED) is 0.0251. The molecule has 17 heteroatoms. The molecule has 0 radical (unpaired) electrons. The molecule has 4 aromatic rings. The standard InChI is InChI=1S/C48H78N4O9Si4/c1-7-53-62(54-8-2,41-25-37-49-45-29-17-13-18-30-45)59-64(57-11-5,43-27-39-51-47-33-21-15-22-34-47)61-65(58-12-6,44-28-40-52-48-35-23-16-24-36-48)60-63(55-9-3,56-10-4)42-26-38-50-46-31-19-14-20-32-46/h13-24,29-36,49-52H,7-12,25-28,37-44H2,1-6H3. The van der Waals surface area contributed by atoms with E-state index >= 15 is 0 Å². The van der Waals surface area contributed by atoms with Gasteiger partial charge in [-0.25, -0.2) is 0 Å². The molecule has 4 aromatic carbocycles. The van der Waals surface area contributed by atoms with E-state index in [4.69, 9.17) is 38.9 Å². The van der Waals surface area contributed by atoms with Crippen molar-refractivity contribution in [1.29, 1.82) is 0 Å². The van der Waals surface area contributed by atoms with E-state index in [2.05, 4.69) is 69.8 Å². The molecule has 4 rings (SSSR count). The number of hydrogen-bond acceptors (Lipinski definition) is 13. The molecule has 65 heavy (non-hydrogen) atoms. The van der Waals surface area contributed by atoms with Crippen LogP contribution in [0, 0.1) is 0 Å². The maximum absolute atomic E-state index is 7.71. The number of nitrogens with one attached hydrogen (secondary N) is 4. The number of anilines is 4. The van der Waals surface area contributed by atoms with Crippen molar-refractivity contribution in [2.45, 2.75) is 91.4 Å². The summed E-state index contributed by atoms with van der Waals surface area (Å²) in [4.78, 5) is 0. The average molecular weight is 968 g/mol. The molecule has 0 aliphatic carbocycles. The summed E-state index contributed by atoms with van der Waals surface area (Å²) in [6.07, 6.45) is 2.84. The second kappa shape index (κ2) is 30.8. The van der Waals surface area contributed by atoms with Crippen molar-refractivity contribution in [3.8, 4) is 0 Å². The maximum atomic E-state index is 7.71. The van der Waals surface area contributed by atoms with Gasteiger partial charge in [-0.3, -0.25) is 0 Å². The molecule has 0 saturated heterocycles. The monoisotopic (exact) mass is 966 g/mol. The third-order valence-electron chi connectivity index (χ3n) is 10.2. The zero-order valence-corrected chi connectivity index (χ0v) is 43.9. The number of benzene rings is 4. The van der Waals surface area contributed by atoms with E-state index in [1.54, 1.807) is 0 Å². The summed E-state index contributed by atoms with van der Waals surface area (Å²) in [5, 5.41) is 14.3. The van der Waals surface area contributed by atoms with Gasteiger partial charge >= 0.3 is 35.2 Å². The van der Waals surface area contributed by atoms with Crippen LogP contribution in [0.25, 0.3) is 0 Å². The van der Waals surface area contributed by atoms with Gasteiger partial charge in [-0.2, -0.15) is 0 Å². The largest absolute Gasteiger partial charge is 0.493 e. The Morgan fingerprint density at radius 1 is 0.292 bits per heavy atom. The lowest BCUT2D eigenvalue weighted by Crippen LogP contribution is -2.67. The van der Waals surface area contributed by atoms with Crippen molar-refractivity contribution in [3.63, 3.8) is 0 Å². The van der Waals surface area contributed by atoms with Crippen LogP contribution in [-0.4, -0.2) is 101 Å². The molecular weight excluding hydrogens is 889 g/mol. The van der Waals surface area contributed by atoms with Crippen molar-refractivity contribution in [2.24, 2.45) is 0 Å². The average Bonchev–Trinajstić information content (AvgIpc) is 3.31. The molecule has 360 valence electrons. The normalized spacial score (nSPS) is 13.8. The van der Waals surface area contributed by atoms with Crippen molar-refractivity contribution >= 4 is 58.0 Å². The van der Waals surface area contributed by atoms with Crippen molar-refractivity contribution < 1.29 is 38.9 Å². The zero-order chi connectivity index (χ0) is 46.4. The Hall–Kier alpha value is -3.41. The first-order valence-electron chi connectivity index (χ1n) is 23.9. The summed E-state index contributed by atoms with van der Waals surface area (Å²) in [5.41, 5.74) is 4.18. The maximum Gasteiger partial charge on any atom is 0.493 e. The first-order chi connectivity index (χ1) is 31.8. The summed E-state index contributed by atoms with van der Waals surface area (Å²) >= 11 is 0.